The molecule has 0 spiro atoms. The SMILES string of the molecule is C=CCOC(=O)COc1ccc2c(=O)c(-c3ccc(OC)c(OC)c3)coc2c1. The molecule has 0 aliphatic carbocycles. The van der Waals surface area contributed by atoms with E-state index >= 15 is 0 Å². The van der Waals surface area contributed by atoms with Crippen molar-refractivity contribution in [1.29, 1.82) is 0 Å². The summed E-state index contributed by atoms with van der Waals surface area (Å²) in [4.78, 5) is 24.4. The van der Waals surface area contributed by atoms with Gasteiger partial charge in [0.15, 0.2) is 23.5 Å². The smallest absolute Gasteiger partial charge is 0.344 e. The van der Waals surface area contributed by atoms with Crippen LogP contribution < -0.4 is 19.6 Å². The van der Waals surface area contributed by atoms with Crippen LogP contribution in [-0.2, 0) is 9.53 Å². The van der Waals surface area contributed by atoms with E-state index in [1.54, 1.807) is 43.5 Å². The highest BCUT2D eigenvalue weighted by Crippen LogP contribution is 2.32. The lowest BCUT2D eigenvalue weighted by Gasteiger charge is -2.10. The monoisotopic (exact) mass is 396 g/mol. The highest BCUT2D eigenvalue weighted by Gasteiger charge is 2.13. The van der Waals surface area contributed by atoms with Gasteiger partial charge >= 0.3 is 5.97 Å². The number of benzene rings is 2. The molecule has 0 amide bonds. The molecule has 0 bridgehead atoms. The summed E-state index contributed by atoms with van der Waals surface area (Å²) in [6.07, 6.45) is 2.85. The Kier molecular flexibility index (Phi) is 6.19. The zero-order valence-electron chi connectivity index (χ0n) is 16.1. The predicted molar refractivity (Wildman–Crippen MR) is 108 cm³/mol. The number of carbonyl (C=O) groups is 1. The van der Waals surface area contributed by atoms with Crippen molar-refractivity contribution in [3.8, 4) is 28.4 Å². The molecule has 150 valence electrons. The molecule has 2 aromatic carbocycles. The molecular formula is C22H20O7. The third-order valence-electron chi connectivity index (χ3n) is 4.16. The number of ether oxygens (including phenoxy) is 4. The summed E-state index contributed by atoms with van der Waals surface area (Å²) in [7, 11) is 3.07. The van der Waals surface area contributed by atoms with Gasteiger partial charge in [-0.3, -0.25) is 4.79 Å². The fourth-order valence-electron chi connectivity index (χ4n) is 2.74. The molecule has 1 heterocycles. The van der Waals surface area contributed by atoms with Gasteiger partial charge < -0.3 is 23.4 Å². The Hall–Kier alpha value is -3.74. The normalized spacial score (nSPS) is 10.4. The van der Waals surface area contributed by atoms with Gasteiger partial charge in [-0.2, -0.15) is 0 Å². The molecule has 1 aromatic heterocycles. The van der Waals surface area contributed by atoms with Gasteiger partial charge in [0.05, 0.1) is 25.2 Å². The van der Waals surface area contributed by atoms with Crippen molar-refractivity contribution in [2.45, 2.75) is 0 Å². The van der Waals surface area contributed by atoms with Crippen molar-refractivity contribution in [1.82, 2.24) is 0 Å². The number of methoxy groups -OCH3 is 2. The Morgan fingerprint density at radius 3 is 2.62 bits per heavy atom. The first-order valence-electron chi connectivity index (χ1n) is 8.74. The lowest BCUT2D eigenvalue weighted by molar-refractivity contribution is -0.144. The van der Waals surface area contributed by atoms with E-state index in [-0.39, 0.29) is 18.6 Å². The van der Waals surface area contributed by atoms with E-state index in [0.717, 1.165) is 0 Å². The summed E-state index contributed by atoms with van der Waals surface area (Å²) in [6.45, 7) is 3.33. The van der Waals surface area contributed by atoms with Crippen LogP contribution >= 0.6 is 0 Å². The lowest BCUT2D eigenvalue weighted by Crippen LogP contribution is -2.14. The van der Waals surface area contributed by atoms with E-state index in [9.17, 15) is 9.59 Å². The second kappa shape index (κ2) is 8.97. The van der Waals surface area contributed by atoms with Crippen LogP contribution in [0.3, 0.4) is 0 Å². The van der Waals surface area contributed by atoms with E-state index < -0.39 is 5.97 Å². The van der Waals surface area contributed by atoms with Crippen LogP contribution in [0.15, 0.2) is 64.5 Å². The maximum atomic E-state index is 12.9. The van der Waals surface area contributed by atoms with Crippen molar-refractivity contribution in [2.75, 3.05) is 27.4 Å². The fourth-order valence-corrected chi connectivity index (χ4v) is 2.74. The summed E-state index contributed by atoms with van der Waals surface area (Å²) in [5.74, 6) is 0.941. The zero-order chi connectivity index (χ0) is 20.8. The molecule has 3 rings (SSSR count). The highest BCUT2D eigenvalue weighted by atomic mass is 16.6. The molecule has 0 unspecified atom stereocenters. The quantitative estimate of drug-likeness (QED) is 0.425. The molecule has 0 aliphatic rings. The lowest BCUT2D eigenvalue weighted by atomic mass is 10.0. The van der Waals surface area contributed by atoms with Crippen molar-refractivity contribution in [3.63, 3.8) is 0 Å². The number of fused-ring (bicyclic) bond motifs is 1. The summed E-state index contributed by atoms with van der Waals surface area (Å²) in [6, 6.07) is 9.93. The second-order valence-corrected chi connectivity index (χ2v) is 5.97. The minimum atomic E-state index is -0.518. The second-order valence-electron chi connectivity index (χ2n) is 5.97. The maximum Gasteiger partial charge on any atom is 0.344 e. The summed E-state index contributed by atoms with van der Waals surface area (Å²) >= 11 is 0. The molecule has 0 fully saturated rings. The third kappa shape index (κ3) is 4.40. The van der Waals surface area contributed by atoms with Gasteiger partial charge in [0.25, 0.3) is 0 Å². The highest BCUT2D eigenvalue weighted by molar-refractivity contribution is 5.83. The Balaban J connectivity index is 1.88. The van der Waals surface area contributed by atoms with Crippen LogP contribution in [0.2, 0.25) is 0 Å². The number of carbonyl (C=O) groups excluding carboxylic acids is 1. The number of esters is 1. The summed E-state index contributed by atoms with van der Waals surface area (Å²) in [5, 5.41) is 0.388. The number of hydrogen-bond acceptors (Lipinski definition) is 7. The van der Waals surface area contributed by atoms with Gasteiger partial charge in [-0.1, -0.05) is 18.7 Å². The fraction of sp³-hybridized carbons (Fsp3) is 0.182. The Morgan fingerprint density at radius 2 is 1.90 bits per heavy atom. The van der Waals surface area contributed by atoms with Gasteiger partial charge in [-0.25, -0.2) is 4.79 Å². The molecule has 29 heavy (non-hydrogen) atoms. The van der Waals surface area contributed by atoms with E-state index in [2.05, 4.69) is 6.58 Å². The molecule has 0 atom stereocenters. The van der Waals surface area contributed by atoms with Crippen LogP contribution in [0.4, 0.5) is 0 Å². The summed E-state index contributed by atoms with van der Waals surface area (Å²) in [5.41, 5.74) is 1.18. The van der Waals surface area contributed by atoms with Crippen molar-refractivity contribution in [3.05, 3.63) is 65.5 Å². The summed E-state index contributed by atoms with van der Waals surface area (Å²) < 4.78 is 26.4. The van der Waals surface area contributed by atoms with Crippen molar-refractivity contribution in [2.24, 2.45) is 0 Å². The molecule has 0 saturated carbocycles. The van der Waals surface area contributed by atoms with Crippen molar-refractivity contribution < 1.29 is 28.2 Å². The minimum absolute atomic E-state index is 0.119. The molecular weight excluding hydrogens is 376 g/mol. The standard InChI is InChI=1S/C22H20O7/c1-4-9-27-21(23)13-28-15-6-7-16-19(11-15)29-12-17(22(16)24)14-5-8-18(25-2)20(10-14)26-3/h4-8,10-12H,1,9,13H2,2-3H3. The zero-order valence-corrected chi connectivity index (χ0v) is 16.1. The van der Waals surface area contributed by atoms with E-state index in [0.29, 0.717) is 39.3 Å². The largest absolute Gasteiger partial charge is 0.493 e. The van der Waals surface area contributed by atoms with Gasteiger partial charge in [0, 0.05) is 6.07 Å². The molecule has 3 aromatic rings. The minimum Gasteiger partial charge on any atom is -0.493 e. The van der Waals surface area contributed by atoms with E-state index in [1.807, 2.05) is 0 Å². The Morgan fingerprint density at radius 1 is 1.10 bits per heavy atom. The first-order valence-corrected chi connectivity index (χ1v) is 8.74. The first kappa shape index (κ1) is 20.0. The van der Waals surface area contributed by atoms with Gasteiger partial charge in [0.2, 0.25) is 0 Å². The first-order chi connectivity index (χ1) is 14.1. The van der Waals surface area contributed by atoms with Crippen LogP contribution in [0.5, 0.6) is 17.2 Å². The van der Waals surface area contributed by atoms with E-state index in [4.69, 9.17) is 23.4 Å². The van der Waals surface area contributed by atoms with Gasteiger partial charge in [0.1, 0.15) is 24.2 Å². The van der Waals surface area contributed by atoms with Crippen LogP contribution in [-0.4, -0.2) is 33.4 Å². The van der Waals surface area contributed by atoms with Crippen LogP contribution in [0.1, 0.15) is 0 Å². The van der Waals surface area contributed by atoms with Gasteiger partial charge in [-0.15, -0.1) is 0 Å². The van der Waals surface area contributed by atoms with E-state index in [1.165, 1.54) is 19.4 Å². The predicted octanol–water partition coefficient (Wildman–Crippen LogP) is 3.59. The van der Waals surface area contributed by atoms with Crippen LogP contribution in [0, 0.1) is 0 Å². The topological polar surface area (TPSA) is 84.2 Å². The number of rotatable bonds is 8. The molecule has 0 aliphatic heterocycles. The number of hydrogen-bond donors (Lipinski definition) is 0. The molecule has 0 radical (unpaired) electrons. The molecule has 7 heteroatoms. The molecule has 0 saturated heterocycles. The average molecular weight is 396 g/mol. The van der Waals surface area contributed by atoms with Gasteiger partial charge in [-0.05, 0) is 29.8 Å². The Bertz CT molecular complexity index is 1100. The Labute approximate surface area is 167 Å². The molecule has 0 N–H and O–H groups in total. The maximum absolute atomic E-state index is 12.9. The van der Waals surface area contributed by atoms with Crippen molar-refractivity contribution >= 4 is 16.9 Å². The van der Waals surface area contributed by atoms with Crippen LogP contribution in [0.25, 0.3) is 22.1 Å². The third-order valence-corrected chi connectivity index (χ3v) is 4.16. The average Bonchev–Trinajstić information content (AvgIpc) is 2.76. The molecule has 7 nitrogen and oxygen atoms in total.